The molecule has 200 valence electrons. The molecule has 8 heteroatoms. The molecule has 3 aromatic rings. The number of carbonyl (C=O) groups is 1. The van der Waals surface area contributed by atoms with Crippen LogP contribution in [0.2, 0.25) is 0 Å². The molecule has 0 saturated carbocycles. The maximum absolute atomic E-state index is 11.6. The summed E-state index contributed by atoms with van der Waals surface area (Å²) in [6, 6.07) is 30.0. The molecule has 2 unspecified atom stereocenters. The molecule has 1 aliphatic rings. The van der Waals surface area contributed by atoms with E-state index in [1.54, 1.807) is 0 Å². The van der Waals surface area contributed by atoms with Gasteiger partial charge in [0.25, 0.3) is 0 Å². The van der Waals surface area contributed by atoms with E-state index >= 15 is 0 Å². The van der Waals surface area contributed by atoms with Crippen molar-refractivity contribution in [3.63, 3.8) is 0 Å². The third-order valence-electron chi connectivity index (χ3n) is 6.44. The third-order valence-corrected chi connectivity index (χ3v) is 6.44. The number of amidine groups is 1. The van der Waals surface area contributed by atoms with Crippen molar-refractivity contribution in [2.24, 2.45) is 4.99 Å². The second kappa shape index (κ2) is 14.0. The van der Waals surface area contributed by atoms with Gasteiger partial charge in [0.1, 0.15) is 12.0 Å². The average Bonchev–Trinajstić information content (AvgIpc) is 2.94. The molecule has 0 bridgehead atoms. The second-order valence-electron chi connectivity index (χ2n) is 9.39. The van der Waals surface area contributed by atoms with Crippen LogP contribution in [0.4, 0.5) is 17.1 Å². The number of anilines is 3. The molecule has 0 spiro atoms. The van der Waals surface area contributed by atoms with E-state index in [2.05, 4.69) is 28.1 Å². The lowest BCUT2D eigenvalue weighted by atomic mass is 10.1. The zero-order valence-electron chi connectivity index (χ0n) is 22.0. The van der Waals surface area contributed by atoms with Crippen LogP contribution in [0.3, 0.4) is 0 Å². The molecule has 2 atom stereocenters. The van der Waals surface area contributed by atoms with E-state index in [4.69, 9.17) is 4.99 Å². The van der Waals surface area contributed by atoms with Gasteiger partial charge in [0.05, 0.1) is 12.1 Å². The van der Waals surface area contributed by atoms with Gasteiger partial charge in [-0.05, 0) is 49.2 Å². The van der Waals surface area contributed by atoms with Crippen LogP contribution in [0.1, 0.15) is 51.9 Å². The van der Waals surface area contributed by atoms with E-state index in [9.17, 15) is 9.90 Å². The lowest BCUT2D eigenvalue weighted by Gasteiger charge is -2.48. The van der Waals surface area contributed by atoms with Gasteiger partial charge in [-0.3, -0.25) is 15.2 Å². The average molecular weight is 515 g/mol. The molecule has 0 amide bonds. The third kappa shape index (κ3) is 7.73. The minimum atomic E-state index is -0.843. The summed E-state index contributed by atoms with van der Waals surface area (Å²) < 4.78 is 0. The summed E-state index contributed by atoms with van der Waals surface area (Å²) in [6.07, 6.45) is 5.07. The van der Waals surface area contributed by atoms with Crippen LogP contribution in [-0.4, -0.2) is 39.4 Å². The number of aliphatic imine (C=N–C) groups is 1. The lowest BCUT2D eigenvalue weighted by molar-refractivity contribution is -0.136. The van der Waals surface area contributed by atoms with Gasteiger partial charge in [0.2, 0.25) is 0 Å². The van der Waals surface area contributed by atoms with Crippen molar-refractivity contribution in [1.82, 2.24) is 10.0 Å². The fraction of sp³-hybridized carbons (Fsp3) is 0.333. The van der Waals surface area contributed by atoms with Crippen molar-refractivity contribution in [1.29, 1.82) is 0 Å². The van der Waals surface area contributed by atoms with Crippen LogP contribution in [-0.2, 0) is 4.79 Å². The Morgan fingerprint density at radius 3 is 1.97 bits per heavy atom. The smallest absolute Gasteiger partial charge is 0.303 e. The molecule has 1 aliphatic heterocycles. The first kappa shape index (κ1) is 27.0. The number of aliphatic carboxylic acids is 1. The predicted octanol–water partition coefficient (Wildman–Crippen LogP) is 6.61. The number of para-hydroxylation sites is 3. The topological polar surface area (TPSA) is 92.2 Å². The van der Waals surface area contributed by atoms with E-state index in [1.165, 1.54) is 6.42 Å². The van der Waals surface area contributed by atoms with Crippen molar-refractivity contribution in [3.05, 3.63) is 91.0 Å². The summed E-state index contributed by atoms with van der Waals surface area (Å²) >= 11 is 0. The Labute approximate surface area is 225 Å². The van der Waals surface area contributed by atoms with E-state index in [0.717, 1.165) is 42.7 Å². The van der Waals surface area contributed by atoms with E-state index < -0.39 is 12.3 Å². The van der Waals surface area contributed by atoms with Gasteiger partial charge in [0, 0.05) is 17.8 Å². The normalized spacial score (nSPS) is 17.5. The first-order chi connectivity index (χ1) is 18.6. The summed E-state index contributed by atoms with van der Waals surface area (Å²) in [7, 11) is 0. The summed E-state index contributed by atoms with van der Waals surface area (Å²) in [4.78, 5) is 16.6. The van der Waals surface area contributed by atoms with Gasteiger partial charge < -0.3 is 15.8 Å². The predicted molar refractivity (Wildman–Crippen MR) is 155 cm³/mol. The molecule has 4 rings (SSSR count). The quantitative estimate of drug-likeness (QED) is 0.180. The van der Waals surface area contributed by atoms with Gasteiger partial charge in [-0.15, -0.1) is 0 Å². The first-order valence-electron chi connectivity index (χ1n) is 13.4. The number of hydrogen-bond acceptors (Lipinski definition) is 7. The molecule has 0 radical (unpaired) electrons. The SMILES string of the molecule is CCCCCCC1N(Nc2ccccc2)C(CCC(=O)O)=NC(Nc2ccccc2)N1Nc1ccccc1. The van der Waals surface area contributed by atoms with Crippen molar-refractivity contribution >= 4 is 28.9 Å². The van der Waals surface area contributed by atoms with E-state index in [1.807, 2.05) is 96.0 Å². The maximum Gasteiger partial charge on any atom is 0.303 e. The van der Waals surface area contributed by atoms with Crippen molar-refractivity contribution in [3.8, 4) is 0 Å². The summed E-state index contributed by atoms with van der Waals surface area (Å²) in [5.74, 6) is -0.138. The Hall–Kier alpha value is -4.04. The summed E-state index contributed by atoms with van der Waals surface area (Å²) in [6.45, 7) is 2.21. The monoisotopic (exact) mass is 514 g/mol. The molecule has 38 heavy (non-hydrogen) atoms. The summed E-state index contributed by atoms with van der Waals surface area (Å²) in [5, 5.41) is 17.2. The molecule has 0 aromatic heterocycles. The number of hydrogen-bond donors (Lipinski definition) is 4. The first-order valence-corrected chi connectivity index (χ1v) is 13.4. The Kier molecular flexibility index (Phi) is 9.98. The number of unbranched alkanes of at least 4 members (excludes halogenated alkanes) is 3. The highest BCUT2D eigenvalue weighted by atomic mass is 16.4. The largest absolute Gasteiger partial charge is 0.481 e. The number of nitrogens with zero attached hydrogens (tertiary/aromatic N) is 3. The van der Waals surface area contributed by atoms with Crippen LogP contribution >= 0.6 is 0 Å². The highest BCUT2D eigenvalue weighted by Gasteiger charge is 2.38. The highest BCUT2D eigenvalue weighted by Crippen LogP contribution is 2.28. The highest BCUT2D eigenvalue weighted by molar-refractivity contribution is 5.87. The number of hydrazine groups is 2. The molecule has 4 N–H and O–H groups in total. The molecule has 1 heterocycles. The lowest BCUT2D eigenvalue weighted by Crippen LogP contribution is -2.63. The fourth-order valence-electron chi connectivity index (χ4n) is 4.52. The number of carboxylic acids is 1. The van der Waals surface area contributed by atoms with Crippen LogP contribution in [0, 0.1) is 0 Å². The molecule has 0 aliphatic carbocycles. The van der Waals surface area contributed by atoms with E-state index in [0.29, 0.717) is 12.3 Å². The zero-order chi connectivity index (χ0) is 26.6. The van der Waals surface area contributed by atoms with Gasteiger partial charge >= 0.3 is 5.97 Å². The molecular weight excluding hydrogens is 476 g/mol. The maximum atomic E-state index is 11.6. The van der Waals surface area contributed by atoms with Gasteiger partial charge in [-0.25, -0.2) is 4.99 Å². The molecule has 3 aromatic carbocycles. The van der Waals surface area contributed by atoms with Crippen LogP contribution in [0.25, 0.3) is 0 Å². The van der Waals surface area contributed by atoms with Crippen molar-refractivity contribution in [2.75, 3.05) is 16.2 Å². The Morgan fingerprint density at radius 1 is 0.816 bits per heavy atom. The number of carboxylic acid groups (broad SMARTS) is 1. The Balaban J connectivity index is 1.74. The van der Waals surface area contributed by atoms with Gasteiger partial charge in [-0.1, -0.05) is 80.8 Å². The van der Waals surface area contributed by atoms with Gasteiger partial charge in [-0.2, -0.15) is 5.01 Å². The number of rotatable bonds is 14. The number of nitrogens with one attached hydrogen (secondary N) is 3. The molecule has 0 saturated heterocycles. The minimum Gasteiger partial charge on any atom is -0.481 e. The van der Waals surface area contributed by atoms with Crippen LogP contribution < -0.4 is 16.2 Å². The second-order valence-corrected chi connectivity index (χ2v) is 9.39. The van der Waals surface area contributed by atoms with Gasteiger partial charge in [0.15, 0.2) is 6.29 Å². The van der Waals surface area contributed by atoms with Crippen molar-refractivity contribution < 1.29 is 9.90 Å². The molecule has 0 fully saturated rings. The molecular formula is C30H38N6O2. The number of benzene rings is 3. The zero-order valence-corrected chi connectivity index (χ0v) is 22.0. The van der Waals surface area contributed by atoms with Crippen molar-refractivity contribution in [2.45, 2.75) is 64.3 Å². The van der Waals surface area contributed by atoms with Crippen LogP contribution in [0.5, 0.6) is 0 Å². The Morgan fingerprint density at radius 2 is 1.39 bits per heavy atom. The van der Waals surface area contributed by atoms with Crippen LogP contribution in [0.15, 0.2) is 96.0 Å². The minimum absolute atomic E-state index is 0.00146. The summed E-state index contributed by atoms with van der Waals surface area (Å²) in [5.41, 5.74) is 9.97. The standard InChI is InChI=1S/C30H38N6O2/c1-2-3-4-14-21-28-35(33-25-17-10-6-11-18-25)27(22-23-29(37)38)32-30(31-24-15-8-5-9-16-24)36(28)34-26-19-12-7-13-20-26/h5-13,15-20,28,30-31,33-34H,2-4,14,21-23H2,1H3,(H,37,38). The fourth-order valence-corrected chi connectivity index (χ4v) is 4.52. The molecule has 8 nitrogen and oxygen atoms in total. The van der Waals surface area contributed by atoms with E-state index in [-0.39, 0.29) is 12.6 Å². The Bertz CT molecular complexity index is 1140.